The summed E-state index contributed by atoms with van der Waals surface area (Å²) in [6.07, 6.45) is 14.1. The molecule has 0 aromatic carbocycles. The van der Waals surface area contributed by atoms with Crippen LogP contribution in [-0.2, 0) is 14.4 Å². The molecule has 2 saturated carbocycles. The summed E-state index contributed by atoms with van der Waals surface area (Å²) in [5.41, 5.74) is 0. The summed E-state index contributed by atoms with van der Waals surface area (Å²) in [7, 11) is 0. The van der Waals surface area contributed by atoms with E-state index in [9.17, 15) is 14.4 Å². The molecule has 3 rings (SSSR count). The van der Waals surface area contributed by atoms with E-state index in [-0.39, 0.29) is 23.6 Å². The van der Waals surface area contributed by atoms with Gasteiger partial charge in [0.05, 0.1) is 0 Å². The van der Waals surface area contributed by atoms with Crippen LogP contribution in [0, 0.1) is 17.8 Å². The number of nitrogens with zero attached hydrogens (tertiary/aromatic N) is 1. The van der Waals surface area contributed by atoms with Gasteiger partial charge in [0.25, 0.3) is 11.8 Å². The molecule has 1 aliphatic heterocycles. The van der Waals surface area contributed by atoms with Crippen molar-refractivity contribution in [1.82, 2.24) is 10.2 Å². The zero-order valence-corrected chi connectivity index (χ0v) is 15.0. The van der Waals surface area contributed by atoms with Crippen molar-refractivity contribution in [1.29, 1.82) is 0 Å². The summed E-state index contributed by atoms with van der Waals surface area (Å²) in [5.74, 6) is 1.11. The molecule has 1 N–H and O–H groups in total. The van der Waals surface area contributed by atoms with Gasteiger partial charge in [-0.25, -0.2) is 0 Å². The van der Waals surface area contributed by atoms with Gasteiger partial charge in [0.2, 0.25) is 5.91 Å². The predicted molar refractivity (Wildman–Crippen MR) is 95.5 cm³/mol. The van der Waals surface area contributed by atoms with Crippen molar-refractivity contribution in [2.45, 2.75) is 64.2 Å². The number of rotatable bonds is 7. The minimum absolute atomic E-state index is 0.103. The molecule has 0 aromatic rings. The second-order valence-corrected chi connectivity index (χ2v) is 7.92. The molecule has 0 spiro atoms. The lowest BCUT2D eigenvalue weighted by atomic mass is 9.81. The van der Waals surface area contributed by atoms with Crippen LogP contribution < -0.4 is 5.32 Å². The Morgan fingerprint density at radius 1 is 0.960 bits per heavy atom. The molecule has 0 radical (unpaired) electrons. The van der Waals surface area contributed by atoms with Crippen LogP contribution in [0.25, 0.3) is 0 Å². The smallest absolute Gasteiger partial charge is 0.253 e. The Morgan fingerprint density at radius 2 is 1.60 bits per heavy atom. The molecule has 1 heterocycles. The Balaban J connectivity index is 1.30. The van der Waals surface area contributed by atoms with E-state index in [1.165, 1.54) is 49.2 Å². The van der Waals surface area contributed by atoms with E-state index < -0.39 is 0 Å². The zero-order valence-electron chi connectivity index (χ0n) is 15.0. The van der Waals surface area contributed by atoms with Crippen molar-refractivity contribution < 1.29 is 14.4 Å². The first kappa shape index (κ1) is 18.2. The first-order chi connectivity index (χ1) is 12.1. The van der Waals surface area contributed by atoms with Gasteiger partial charge >= 0.3 is 0 Å². The average Bonchev–Trinajstić information content (AvgIpc) is 3.24. The average molecular weight is 346 g/mol. The third kappa shape index (κ3) is 4.93. The Hall–Kier alpha value is -1.65. The monoisotopic (exact) mass is 346 g/mol. The molecular weight excluding hydrogens is 316 g/mol. The lowest BCUT2D eigenvalue weighted by molar-refractivity contribution is -0.138. The molecule has 0 saturated heterocycles. The molecule has 0 atom stereocenters. The van der Waals surface area contributed by atoms with Crippen LogP contribution in [-0.4, -0.2) is 35.7 Å². The van der Waals surface area contributed by atoms with Crippen molar-refractivity contribution in [2.24, 2.45) is 17.8 Å². The largest absolute Gasteiger partial charge is 0.356 e. The third-order valence-electron chi connectivity index (χ3n) is 6.12. The molecule has 5 nitrogen and oxygen atoms in total. The second kappa shape index (κ2) is 8.63. The summed E-state index contributed by atoms with van der Waals surface area (Å²) in [5, 5.41) is 3.11. The first-order valence-corrected chi connectivity index (χ1v) is 9.94. The maximum absolute atomic E-state index is 12.3. The molecule has 25 heavy (non-hydrogen) atoms. The Kier molecular flexibility index (Phi) is 6.27. The van der Waals surface area contributed by atoms with E-state index in [2.05, 4.69) is 5.32 Å². The van der Waals surface area contributed by atoms with Crippen LogP contribution in [0.5, 0.6) is 0 Å². The molecule has 2 aliphatic carbocycles. The van der Waals surface area contributed by atoms with E-state index in [1.54, 1.807) is 0 Å². The van der Waals surface area contributed by atoms with Crippen molar-refractivity contribution in [3.8, 4) is 0 Å². The normalized spacial score (nSPS) is 27.3. The van der Waals surface area contributed by atoms with Gasteiger partial charge < -0.3 is 5.32 Å². The van der Waals surface area contributed by atoms with E-state index in [0.717, 1.165) is 44.6 Å². The van der Waals surface area contributed by atoms with Crippen molar-refractivity contribution >= 4 is 17.7 Å². The molecule has 2 fully saturated rings. The zero-order chi connectivity index (χ0) is 17.6. The van der Waals surface area contributed by atoms with Crippen molar-refractivity contribution in [3.05, 3.63) is 12.2 Å². The van der Waals surface area contributed by atoms with Crippen LogP contribution in [0.1, 0.15) is 64.2 Å². The maximum Gasteiger partial charge on any atom is 0.253 e. The molecule has 0 bridgehead atoms. The summed E-state index contributed by atoms with van der Waals surface area (Å²) < 4.78 is 0. The molecule has 138 valence electrons. The van der Waals surface area contributed by atoms with Gasteiger partial charge in [-0.1, -0.05) is 25.7 Å². The fraction of sp³-hybridized carbons (Fsp3) is 0.750. The molecule has 0 aromatic heterocycles. The van der Waals surface area contributed by atoms with Gasteiger partial charge in [0, 0.05) is 31.2 Å². The van der Waals surface area contributed by atoms with E-state index in [0.29, 0.717) is 12.5 Å². The van der Waals surface area contributed by atoms with Crippen LogP contribution in [0.3, 0.4) is 0 Å². The number of nitrogens with one attached hydrogen (secondary N) is 1. The molecule has 5 heteroatoms. The first-order valence-electron chi connectivity index (χ1n) is 9.94. The van der Waals surface area contributed by atoms with E-state index in [1.807, 2.05) is 0 Å². The molecule has 0 unspecified atom stereocenters. The fourth-order valence-electron chi connectivity index (χ4n) is 4.52. The number of amides is 3. The van der Waals surface area contributed by atoms with Crippen LogP contribution in [0.15, 0.2) is 12.2 Å². The highest BCUT2D eigenvalue weighted by molar-refractivity contribution is 6.12. The lowest BCUT2D eigenvalue weighted by Crippen LogP contribution is -2.38. The third-order valence-corrected chi connectivity index (χ3v) is 6.12. The summed E-state index contributed by atoms with van der Waals surface area (Å²) in [6, 6.07) is 0. The number of hydrogen-bond acceptors (Lipinski definition) is 3. The molecular formula is C20H30N2O3. The molecule has 3 aliphatic rings. The number of carbonyl (C=O) groups excluding carboxylic acids is 3. The topological polar surface area (TPSA) is 66.5 Å². The minimum Gasteiger partial charge on any atom is -0.356 e. The highest BCUT2D eigenvalue weighted by Crippen LogP contribution is 2.30. The summed E-state index contributed by atoms with van der Waals surface area (Å²) in [4.78, 5) is 36.9. The summed E-state index contributed by atoms with van der Waals surface area (Å²) in [6.45, 7) is 1.30. The van der Waals surface area contributed by atoms with Gasteiger partial charge in [-0.05, 0) is 50.4 Å². The Labute approximate surface area is 150 Å². The van der Waals surface area contributed by atoms with Crippen LogP contribution in [0.4, 0.5) is 0 Å². The highest BCUT2D eigenvalue weighted by atomic mass is 16.2. The van der Waals surface area contributed by atoms with Gasteiger partial charge in [-0.2, -0.15) is 0 Å². The maximum atomic E-state index is 12.3. The van der Waals surface area contributed by atoms with E-state index in [4.69, 9.17) is 0 Å². The quantitative estimate of drug-likeness (QED) is 0.569. The summed E-state index contributed by atoms with van der Waals surface area (Å²) >= 11 is 0. The Bertz CT molecular complexity index is 511. The standard InChI is InChI=1S/C20H30N2O3/c23-18-11-12-19(24)22(18)14-16-7-9-17(10-8-16)20(25)21-13-3-6-15-4-1-2-5-15/h11-12,15-17H,1-10,13-14H2,(H,21,25). The van der Waals surface area contributed by atoms with Gasteiger partial charge in [-0.3, -0.25) is 19.3 Å². The van der Waals surface area contributed by atoms with Gasteiger partial charge in [0.1, 0.15) is 0 Å². The fourth-order valence-corrected chi connectivity index (χ4v) is 4.52. The highest BCUT2D eigenvalue weighted by Gasteiger charge is 2.31. The second-order valence-electron chi connectivity index (χ2n) is 7.92. The predicted octanol–water partition coefficient (Wildman–Crippen LogP) is 2.80. The molecule has 3 amide bonds. The number of imide groups is 1. The van der Waals surface area contributed by atoms with Crippen LogP contribution in [0.2, 0.25) is 0 Å². The number of carbonyl (C=O) groups is 3. The number of hydrogen-bond donors (Lipinski definition) is 1. The van der Waals surface area contributed by atoms with Crippen molar-refractivity contribution in [2.75, 3.05) is 13.1 Å². The van der Waals surface area contributed by atoms with Gasteiger partial charge in [-0.15, -0.1) is 0 Å². The van der Waals surface area contributed by atoms with Crippen LogP contribution >= 0.6 is 0 Å². The Morgan fingerprint density at radius 3 is 2.24 bits per heavy atom. The minimum atomic E-state index is -0.202. The van der Waals surface area contributed by atoms with E-state index >= 15 is 0 Å². The van der Waals surface area contributed by atoms with Gasteiger partial charge in [0.15, 0.2) is 0 Å². The SMILES string of the molecule is O=C(NCCCC1CCCC1)C1CCC(CN2C(=O)C=CC2=O)CC1. The lowest BCUT2D eigenvalue weighted by Gasteiger charge is -2.30. The van der Waals surface area contributed by atoms with Crippen molar-refractivity contribution in [3.63, 3.8) is 0 Å².